The first-order valence-corrected chi connectivity index (χ1v) is 7.56. The molecular weight excluding hydrogens is 269 g/mol. The van der Waals surface area contributed by atoms with Gasteiger partial charge in [0.2, 0.25) is 5.91 Å². The minimum atomic E-state index is -0.212. The Morgan fingerprint density at radius 2 is 2.29 bits per heavy atom. The zero-order valence-corrected chi connectivity index (χ0v) is 12.9. The number of rotatable bonds is 5. The Morgan fingerprint density at radius 3 is 2.95 bits per heavy atom. The molecule has 2 N–H and O–H groups in total. The lowest BCUT2D eigenvalue weighted by atomic mass is 10.0. The van der Waals surface area contributed by atoms with E-state index in [1.165, 1.54) is 6.07 Å². The molecule has 2 atom stereocenters. The molecule has 1 aliphatic rings. The van der Waals surface area contributed by atoms with E-state index in [1.54, 1.807) is 13.0 Å². The van der Waals surface area contributed by atoms with Crippen molar-refractivity contribution in [3.8, 4) is 0 Å². The second-order valence-corrected chi connectivity index (χ2v) is 5.61. The molecule has 5 heteroatoms. The summed E-state index contributed by atoms with van der Waals surface area (Å²) in [6.45, 7) is 8.12. The van der Waals surface area contributed by atoms with Crippen LogP contribution < -0.4 is 15.5 Å². The van der Waals surface area contributed by atoms with E-state index in [0.717, 1.165) is 37.3 Å². The quantitative estimate of drug-likeness (QED) is 0.875. The predicted molar refractivity (Wildman–Crippen MR) is 82.9 cm³/mol. The summed E-state index contributed by atoms with van der Waals surface area (Å²) in [6, 6.07) is 5.22. The molecule has 0 radical (unpaired) electrons. The number of carbonyl (C=O) groups excluding carboxylic acids is 1. The van der Waals surface area contributed by atoms with Crippen LogP contribution in [0.3, 0.4) is 0 Å². The van der Waals surface area contributed by atoms with E-state index >= 15 is 0 Å². The van der Waals surface area contributed by atoms with Crippen molar-refractivity contribution in [2.45, 2.75) is 39.3 Å². The highest BCUT2D eigenvalue weighted by molar-refractivity contribution is 5.73. The number of carbonyl (C=O) groups is 1. The van der Waals surface area contributed by atoms with Crippen molar-refractivity contribution < 1.29 is 9.18 Å². The van der Waals surface area contributed by atoms with Crippen molar-refractivity contribution in [3.05, 3.63) is 29.6 Å². The summed E-state index contributed by atoms with van der Waals surface area (Å²) in [5.74, 6) is -0.210. The minimum Gasteiger partial charge on any atom is -0.369 e. The van der Waals surface area contributed by atoms with Crippen LogP contribution >= 0.6 is 0 Å². The van der Waals surface area contributed by atoms with Crippen LogP contribution in [0.1, 0.15) is 38.8 Å². The normalized spacial score (nSPS) is 19.6. The van der Waals surface area contributed by atoms with Gasteiger partial charge in [0.1, 0.15) is 5.82 Å². The molecule has 0 spiro atoms. The number of benzene rings is 1. The molecule has 4 nitrogen and oxygen atoms in total. The van der Waals surface area contributed by atoms with Crippen molar-refractivity contribution in [1.29, 1.82) is 0 Å². The maximum Gasteiger partial charge on any atom is 0.217 e. The molecule has 116 valence electrons. The SMILES string of the molecule is CCNC(C)c1cc(F)ccc1N1CCC(NC(C)=O)C1. The first-order chi connectivity index (χ1) is 10.0. The minimum absolute atomic E-state index is 0.00203. The number of nitrogens with one attached hydrogen (secondary N) is 2. The summed E-state index contributed by atoms with van der Waals surface area (Å²) < 4.78 is 13.6. The van der Waals surface area contributed by atoms with Crippen molar-refractivity contribution in [2.75, 3.05) is 24.5 Å². The highest BCUT2D eigenvalue weighted by Gasteiger charge is 2.25. The maximum absolute atomic E-state index is 13.6. The van der Waals surface area contributed by atoms with Crippen molar-refractivity contribution in [2.24, 2.45) is 0 Å². The van der Waals surface area contributed by atoms with E-state index in [-0.39, 0.29) is 23.8 Å². The van der Waals surface area contributed by atoms with Gasteiger partial charge in [-0.1, -0.05) is 6.92 Å². The molecule has 1 fully saturated rings. The molecule has 0 aromatic heterocycles. The zero-order chi connectivity index (χ0) is 15.4. The average molecular weight is 293 g/mol. The molecular formula is C16H24FN3O. The Balaban J connectivity index is 2.18. The summed E-state index contributed by atoms with van der Waals surface area (Å²) in [4.78, 5) is 13.4. The van der Waals surface area contributed by atoms with E-state index in [0.29, 0.717) is 0 Å². The maximum atomic E-state index is 13.6. The third kappa shape index (κ3) is 3.94. The molecule has 1 amide bonds. The third-order valence-electron chi connectivity index (χ3n) is 3.90. The molecule has 1 saturated heterocycles. The van der Waals surface area contributed by atoms with Crippen molar-refractivity contribution in [3.63, 3.8) is 0 Å². The van der Waals surface area contributed by atoms with Crippen LogP contribution in [0, 0.1) is 5.82 Å². The van der Waals surface area contributed by atoms with Gasteiger partial charge in [0.25, 0.3) is 0 Å². The Labute approximate surface area is 125 Å². The van der Waals surface area contributed by atoms with Gasteiger partial charge in [0, 0.05) is 37.8 Å². The standard InChI is InChI=1S/C16H24FN3O/c1-4-18-11(2)15-9-13(17)5-6-16(15)20-8-7-14(10-20)19-12(3)21/h5-6,9,11,14,18H,4,7-8,10H2,1-3H3,(H,19,21). The lowest BCUT2D eigenvalue weighted by Gasteiger charge is -2.25. The molecule has 1 aromatic carbocycles. The van der Waals surface area contributed by atoms with Crippen LogP contribution in [0.2, 0.25) is 0 Å². The summed E-state index contributed by atoms with van der Waals surface area (Å²) in [5, 5.41) is 6.29. The lowest BCUT2D eigenvalue weighted by Crippen LogP contribution is -2.36. The van der Waals surface area contributed by atoms with E-state index in [2.05, 4.69) is 15.5 Å². The first-order valence-electron chi connectivity index (χ1n) is 7.56. The summed E-state index contributed by atoms with van der Waals surface area (Å²) >= 11 is 0. The second kappa shape index (κ2) is 6.89. The number of halogens is 1. The van der Waals surface area contributed by atoms with Gasteiger partial charge in [0.15, 0.2) is 0 Å². The number of nitrogens with zero attached hydrogens (tertiary/aromatic N) is 1. The van der Waals surface area contributed by atoms with Gasteiger partial charge in [-0.2, -0.15) is 0 Å². The van der Waals surface area contributed by atoms with Crippen LogP contribution in [0.5, 0.6) is 0 Å². The molecule has 2 rings (SSSR count). The van der Waals surface area contributed by atoms with Crippen LogP contribution in [0.25, 0.3) is 0 Å². The molecule has 1 heterocycles. The number of hydrogen-bond donors (Lipinski definition) is 2. The van der Waals surface area contributed by atoms with Crippen LogP contribution in [-0.2, 0) is 4.79 Å². The van der Waals surface area contributed by atoms with Gasteiger partial charge in [-0.25, -0.2) is 4.39 Å². The molecule has 0 aliphatic carbocycles. The Bertz CT molecular complexity index is 506. The Kier molecular flexibility index (Phi) is 5.17. The first kappa shape index (κ1) is 15.8. The molecule has 1 aromatic rings. The highest BCUT2D eigenvalue weighted by Crippen LogP contribution is 2.30. The fraction of sp³-hybridized carbons (Fsp3) is 0.562. The van der Waals surface area contributed by atoms with E-state index < -0.39 is 0 Å². The number of hydrogen-bond acceptors (Lipinski definition) is 3. The van der Waals surface area contributed by atoms with Crippen molar-refractivity contribution in [1.82, 2.24) is 10.6 Å². The largest absolute Gasteiger partial charge is 0.369 e. The fourth-order valence-corrected chi connectivity index (χ4v) is 2.96. The van der Waals surface area contributed by atoms with Gasteiger partial charge in [0.05, 0.1) is 0 Å². The smallest absolute Gasteiger partial charge is 0.217 e. The predicted octanol–water partition coefficient (Wildman–Crippen LogP) is 2.21. The second-order valence-electron chi connectivity index (χ2n) is 5.61. The van der Waals surface area contributed by atoms with Crippen LogP contribution in [0.15, 0.2) is 18.2 Å². The topological polar surface area (TPSA) is 44.4 Å². The van der Waals surface area contributed by atoms with Gasteiger partial charge in [-0.05, 0) is 43.7 Å². The zero-order valence-electron chi connectivity index (χ0n) is 12.9. The fourth-order valence-electron chi connectivity index (χ4n) is 2.96. The lowest BCUT2D eigenvalue weighted by molar-refractivity contribution is -0.119. The highest BCUT2D eigenvalue weighted by atomic mass is 19.1. The van der Waals surface area contributed by atoms with Crippen molar-refractivity contribution >= 4 is 11.6 Å². The number of amides is 1. The molecule has 0 bridgehead atoms. The number of anilines is 1. The molecule has 1 aliphatic heterocycles. The van der Waals surface area contributed by atoms with Gasteiger partial charge >= 0.3 is 0 Å². The van der Waals surface area contributed by atoms with Gasteiger partial charge in [-0.15, -0.1) is 0 Å². The molecule has 21 heavy (non-hydrogen) atoms. The van der Waals surface area contributed by atoms with Crippen LogP contribution in [-0.4, -0.2) is 31.6 Å². The molecule has 2 unspecified atom stereocenters. The monoisotopic (exact) mass is 293 g/mol. The summed E-state index contributed by atoms with van der Waals surface area (Å²) in [6.07, 6.45) is 0.923. The molecule has 0 saturated carbocycles. The van der Waals surface area contributed by atoms with Crippen LogP contribution in [0.4, 0.5) is 10.1 Å². The Morgan fingerprint density at radius 1 is 1.52 bits per heavy atom. The third-order valence-corrected chi connectivity index (χ3v) is 3.90. The van der Waals surface area contributed by atoms with E-state index in [1.807, 2.05) is 19.9 Å². The summed E-state index contributed by atoms with van der Waals surface area (Å²) in [7, 11) is 0. The summed E-state index contributed by atoms with van der Waals surface area (Å²) in [5.41, 5.74) is 2.03. The van der Waals surface area contributed by atoms with E-state index in [9.17, 15) is 9.18 Å². The van der Waals surface area contributed by atoms with Gasteiger partial charge < -0.3 is 15.5 Å². The van der Waals surface area contributed by atoms with Gasteiger partial charge in [-0.3, -0.25) is 4.79 Å². The average Bonchev–Trinajstić information content (AvgIpc) is 2.86. The van der Waals surface area contributed by atoms with E-state index in [4.69, 9.17) is 0 Å². The Hall–Kier alpha value is -1.62.